The van der Waals surface area contributed by atoms with Gasteiger partial charge in [0.25, 0.3) is 0 Å². The van der Waals surface area contributed by atoms with Crippen molar-refractivity contribution in [3.05, 3.63) is 0 Å². The molecule has 0 aromatic rings. The van der Waals surface area contributed by atoms with Gasteiger partial charge in [0.1, 0.15) is 0 Å². The van der Waals surface area contributed by atoms with E-state index < -0.39 is 0 Å². The van der Waals surface area contributed by atoms with Crippen LogP contribution in [0.3, 0.4) is 0 Å². The molecule has 0 spiro atoms. The van der Waals surface area contributed by atoms with Crippen LogP contribution < -0.4 is 5.32 Å². The molecular weight excluding hydrogens is 238 g/mol. The highest BCUT2D eigenvalue weighted by atomic mass is 16.5. The monoisotopic (exact) mass is 277 g/mol. The second-order valence-electron chi connectivity index (χ2n) is 3.77. The Bertz CT molecular complexity index is 155. The Morgan fingerprint density at radius 1 is 0.947 bits per heavy atom. The van der Waals surface area contributed by atoms with E-state index in [1.165, 1.54) is 19.3 Å². The van der Waals surface area contributed by atoms with E-state index in [4.69, 9.17) is 4.74 Å². The fourth-order valence-corrected chi connectivity index (χ4v) is 1.25. The van der Waals surface area contributed by atoms with E-state index in [-0.39, 0.29) is 7.33 Å². The number of carbonyl (C=O) groups is 1. The average molecular weight is 277 g/mol. The number of hydrogen-bond acceptors (Lipinski definition) is 2. The van der Waals surface area contributed by atoms with Gasteiger partial charge in [0.2, 0.25) is 5.91 Å². The quantitative estimate of drug-likeness (QED) is 0.583. The number of rotatable bonds is 10. The van der Waals surface area contributed by atoms with Crippen LogP contribution in [0.15, 0.2) is 0 Å². The predicted molar refractivity (Wildman–Crippen MR) is 87.7 cm³/mol. The Labute approximate surface area is 123 Å². The maximum atomic E-state index is 11.1. The van der Waals surface area contributed by atoms with Crippen LogP contribution in [0.25, 0.3) is 0 Å². The van der Waals surface area contributed by atoms with Crippen LogP contribution >= 0.6 is 0 Å². The maximum absolute atomic E-state index is 11.1. The third-order valence-electron chi connectivity index (χ3n) is 2.19. The van der Waals surface area contributed by atoms with Gasteiger partial charge in [-0.15, -0.1) is 0 Å². The highest BCUT2D eigenvalue weighted by molar-refractivity contribution is 5.75. The number of nitrogens with one attached hydrogen (secondary N) is 1. The summed E-state index contributed by atoms with van der Waals surface area (Å²) in [5.74, 6) is 0.102. The van der Waals surface area contributed by atoms with Crippen LogP contribution in [0.2, 0.25) is 0 Å². The van der Waals surface area contributed by atoms with Gasteiger partial charge in [0.05, 0.1) is 6.61 Å². The zero-order chi connectivity index (χ0) is 15.4. The molecule has 3 nitrogen and oxygen atoms in total. The van der Waals surface area contributed by atoms with E-state index >= 15 is 0 Å². The highest BCUT2D eigenvalue weighted by Gasteiger charge is 1.98. The van der Waals surface area contributed by atoms with Crippen molar-refractivity contribution in [2.75, 3.05) is 19.8 Å². The molecule has 0 saturated carbocycles. The molecule has 0 rings (SSSR count). The lowest BCUT2D eigenvalue weighted by molar-refractivity contribution is -0.122. The van der Waals surface area contributed by atoms with E-state index in [1.54, 1.807) is 0 Å². The summed E-state index contributed by atoms with van der Waals surface area (Å²) in [6, 6.07) is 0. The number of unbranched alkanes of at least 4 members (excludes halogenated alkanes) is 3. The number of amides is 1. The normalized spacial score (nSPS) is 8.74. The largest absolute Gasteiger partial charge is 0.381 e. The van der Waals surface area contributed by atoms with Crippen LogP contribution in [0, 0.1) is 0 Å². The SMILES string of the molecule is CC.CC.CCCCCCOCCC(=O)NCCC.[HH]. The smallest absolute Gasteiger partial charge is 0.222 e. The van der Waals surface area contributed by atoms with E-state index in [1.807, 2.05) is 34.6 Å². The average Bonchev–Trinajstić information content (AvgIpc) is 2.48. The molecule has 0 aromatic heterocycles. The predicted octanol–water partition coefficient (Wildman–Crippen LogP) is 4.80. The minimum atomic E-state index is 0. The molecule has 120 valence electrons. The molecule has 0 unspecified atom stereocenters. The summed E-state index contributed by atoms with van der Waals surface area (Å²) in [5.41, 5.74) is 0. The van der Waals surface area contributed by atoms with Gasteiger partial charge in [0, 0.05) is 21.0 Å². The third-order valence-corrected chi connectivity index (χ3v) is 2.19. The molecule has 0 aromatic carbocycles. The first-order valence-corrected chi connectivity index (χ1v) is 8.15. The summed E-state index contributed by atoms with van der Waals surface area (Å²) >= 11 is 0. The fourth-order valence-electron chi connectivity index (χ4n) is 1.25. The standard InChI is InChI=1S/C12H25NO2.2C2H6.H2/c1-3-5-6-7-10-15-11-8-12(14)13-9-4-2;2*1-2;/h3-11H2,1-2H3,(H,13,14);2*1-2H3;1H. The Balaban J connectivity index is -0.000000233. The summed E-state index contributed by atoms with van der Waals surface area (Å²) in [4.78, 5) is 11.1. The van der Waals surface area contributed by atoms with Gasteiger partial charge in [0.15, 0.2) is 0 Å². The molecule has 1 N–H and O–H groups in total. The van der Waals surface area contributed by atoms with Crippen molar-refractivity contribution in [3.63, 3.8) is 0 Å². The lowest BCUT2D eigenvalue weighted by atomic mass is 10.2. The Morgan fingerprint density at radius 3 is 2.11 bits per heavy atom. The Hall–Kier alpha value is -0.570. The van der Waals surface area contributed by atoms with Gasteiger partial charge >= 0.3 is 0 Å². The van der Waals surface area contributed by atoms with E-state index in [0.29, 0.717) is 13.0 Å². The van der Waals surface area contributed by atoms with Crippen LogP contribution in [-0.4, -0.2) is 25.7 Å². The zero-order valence-electron chi connectivity index (χ0n) is 14.2. The Morgan fingerprint density at radius 2 is 1.58 bits per heavy atom. The third kappa shape index (κ3) is 26.9. The van der Waals surface area contributed by atoms with Crippen LogP contribution in [0.5, 0.6) is 0 Å². The van der Waals surface area contributed by atoms with Crippen LogP contribution in [-0.2, 0) is 9.53 Å². The topological polar surface area (TPSA) is 38.3 Å². The first-order valence-electron chi connectivity index (χ1n) is 8.15. The molecule has 0 saturated heterocycles. The molecule has 0 bridgehead atoms. The van der Waals surface area contributed by atoms with E-state index in [2.05, 4.69) is 12.2 Å². The van der Waals surface area contributed by atoms with Crippen LogP contribution in [0.1, 0.15) is 81.5 Å². The first-order chi connectivity index (χ1) is 9.31. The second kappa shape index (κ2) is 26.1. The maximum Gasteiger partial charge on any atom is 0.222 e. The molecule has 1 amide bonds. The first kappa shape index (κ1) is 23.5. The molecule has 0 radical (unpaired) electrons. The molecular formula is C16H39NO2. The van der Waals surface area contributed by atoms with Gasteiger partial charge in [-0.25, -0.2) is 0 Å². The highest BCUT2D eigenvalue weighted by Crippen LogP contribution is 1.98. The Kier molecular flexibility index (Phi) is 32.3. The minimum absolute atomic E-state index is 0. The molecule has 0 atom stereocenters. The summed E-state index contributed by atoms with van der Waals surface area (Å²) in [5, 5.41) is 2.82. The number of ether oxygens (including phenoxy) is 1. The van der Waals surface area contributed by atoms with Crippen LogP contribution in [0.4, 0.5) is 0 Å². The molecule has 0 aliphatic rings. The van der Waals surface area contributed by atoms with Crippen molar-refractivity contribution >= 4 is 5.91 Å². The van der Waals surface area contributed by atoms with Gasteiger partial charge in [-0.2, -0.15) is 0 Å². The lowest BCUT2D eigenvalue weighted by Crippen LogP contribution is -2.25. The lowest BCUT2D eigenvalue weighted by Gasteiger charge is -2.04. The van der Waals surface area contributed by atoms with Gasteiger partial charge in [-0.1, -0.05) is 60.8 Å². The van der Waals surface area contributed by atoms with Gasteiger partial charge in [-0.05, 0) is 12.8 Å². The fraction of sp³-hybridized carbons (Fsp3) is 0.938. The molecule has 3 heteroatoms. The van der Waals surface area contributed by atoms with Crippen molar-refractivity contribution in [2.24, 2.45) is 0 Å². The van der Waals surface area contributed by atoms with Crippen molar-refractivity contribution < 1.29 is 11.0 Å². The molecule has 0 aliphatic heterocycles. The van der Waals surface area contributed by atoms with Crippen molar-refractivity contribution in [1.29, 1.82) is 0 Å². The second-order valence-corrected chi connectivity index (χ2v) is 3.77. The molecule has 0 fully saturated rings. The van der Waals surface area contributed by atoms with Gasteiger partial charge < -0.3 is 10.1 Å². The summed E-state index contributed by atoms with van der Waals surface area (Å²) < 4.78 is 5.37. The zero-order valence-corrected chi connectivity index (χ0v) is 14.2. The van der Waals surface area contributed by atoms with E-state index in [9.17, 15) is 4.79 Å². The number of carbonyl (C=O) groups excluding carboxylic acids is 1. The summed E-state index contributed by atoms with van der Waals surface area (Å²) in [6.45, 7) is 14.4. The molecule has 0 heterocycles. The van der Waals surface area contributed by atoms with E-state index in [0.717, 1.165) is 26.0 Å². The van der Waals surface area contributed by atoms with Gasteiger partial charge in [-0.3, -0.25) is 4.79 Å². The van der Waals surface area contributed by atoms with Crippen molar-refractivity contribution in [1.82, 2.24) is 5.32 Å². The summed E-state index contributed by atoms with van der Waals surface area (Å²) in [6.07, 6.45) is 6.36. The number of hydrogen-bond donors (Lipinski definition) is 1. The van der Waals surface area contributed by atoms with Crippen molar-refractivity contribution in [2.45, 2.75) is 80.1 Å². The molecule has 19 heavy (non-hydrogen) atoms. The van der Waals surface area contributed by atoms with Crippen molar-refractivity contribution in [3.8, 4) is 0 Å². The summed E-state index contributed by atoms with van der Waals surface area (Å²) in [7, 11) is 0. The minimum Gasteiger partial charge on any atom is -0.381 e. The molecule has 0 aliphatic carbocycles.